The van der Waals surface area contributed by atoms with Gasteiger partial charge in [0, 0.05) is 17.4 Å². The minimum Gasteiger partial charge on any atom is -0.406 e. The van der Waals surface area contributed by atoms with E-state index in [1.165, 1.54) is 18.2 Å². The molecule has 0 amide bonds. The molecule has 20 heavy (non-hydrogen) atoms. The molecule has 2 rings (SSSR count). The molecule has 1 aromatic carbocycles. The number of rotatable bonds is 4. The van der Waals surface area contributed by atoms with Gasteiger partial charge in [0.15, 0.2) is 0 Å². The van der Waals surface area contributed by atoms with Crippen molar-refractivity contribution in [3.05, 3.63) is 53.9 Å². The van der Waals surface area contributed by atoms with Gasteiger partial charge in [-0.1, -0.05) is 12.1 Å². The lowest BCUT2D eigenvalue weighted by molar-refractivity contribution is -0.274. The van der Waals surface area contributed by atoms with E-state index < -0.39 is 6.36 Å². The quantitative estimate of drug-likeness (QED) is 0.923. The largest absolute Gasteiger partial charge is 0.573 e. The van der Waals surface area contributed by atoms with Gasteiger partial charge in [0.05, 0.1) is 12.2 Å². The summed E-state index contributed by atoms with van der Waals surface area (Å²) in [7, 11) is 0. The Balaban J connectivity index is 2.01. The summed E-state index contributed by atoms with van der Waals surface area (Å²) in [6, 6.07) is 11.3. The summed E-state index contributed by atoms with van der Waals surface area (Å²) in [6.45, 7) is 2.30. The molecule has 0 spiro atoms. The molecule has 3 nitrogen and oxygen atoms in total. The standard InChI is InChI=1S/C14H13F3N2O/c1-10-4-2-6-12(19-10)9-18-11-5-3-7-13(8-11)20-14(15,16)17/h2-8,18H,9H2,1H3. The number of halogens is 3. The molecule has 0 aliphatic rings. The topological polar surface area (TPSA) is 34.1 Å². The van der Waals surface area contributed by atoms with Crippen LogP contribution in [0.4, 0.5) is 18.9 Å². The molecule has 1 N–H and O–H groups in total. The van der Waals surface area contributed by atoms with Crippen molar-refractivity contribution in [2.24, 2.45) is 0 Å². The average Bonchev–Trinajstić information content (AvgIpc) is 2.35. The fourth-order valence-electron chi connectivity index (χ4n) is 1.69. The third-order valence-corrected chi connectivity index (χ3v) is 2.49. The highest BCUT2D eigenvalue weighted by atomic mass is 19.4. The SMILES string of the molecule is Cc1cccc(CNc2cccc(OC(F)(F)F)c2)n1. The summed E-state index contributed by atoms with van der Waals surface area (Å²) in [4.78, 5) is 4.30. The zero-order chi connectivity index (χ0) is 14.6. The summed E-state index contributed by atoms with van der Waals surface area (Å²) in [5.74, 6) is -0.250. The smallest absolute Gasteiger partial charge is 0.406 e. The van der Waals surface area contributed by atoms with Crippen molar-refractivity contribution < 1.29 is 17.9 Å². The van der Waals surface area contributed by atoms with Crippen LogP contribution in [0, 0.1) is 6.92 Å². The number of ether oxygens (including phenoxy) is 1. The molecule has 6 heteroatoms. The molecule has 1 aromatic heterocycles. The molecule has 0 aliphatic carbocycles. The fraction of sp³-hybridized carbons (Fsp3) is 0.214. The van der Waals surface area contributed by atoms with Crippen LogP contribution in [0.5, 0.6) is 5.75 Å². The van der Waals surface area contributed by atoms with Gasteiger partial charge >= 0.3 is 6.36 Å². The normalized spacial score (nSPS) is 11.2. The van der Waals surface area contributed by atoms with Crippen molar-refractivity contribution >= 4 is 5.69 Å². The number of benzene rings is 1. The van der Waals surface area contributed by atoms with Crippen molar-refractivity contribution in [1.82, 2.24) is 4.98 Å². The summed E-state index contributed by atoms with van der Waals surface area (Å²) in [5.41, 5.74) is 2.24. The Labute approximate surface area is 114 Å². The van der Waals surface area contributed by atoms with Crippen molar-refractivity contribution in [1.29, 1.82) is 0 Å². The first-order chi connectivity index (χ1) is 9.42. The van der Waals surface area contributed by atoms with Crippen LogP contribution in [0.15, 0.2) is 42.5 Å². The summed E-state index contributed by atoms with van der Waals surface area (Å²) in [6.07, 6.45) is -4.68. The van der Waals surface area contributed by atoms with Gasteiger partial charge in [-0.3, -0.25) is 4.98 Å². The maximum Gasteiger partial charge on any atom is 0.573 e. The summed E-state index contributed by atoms with van der Waals surface area (Å²) >= 11 is 0. The van der Waals surface area contributed by atoms with Crippen LogP contribution in [-0.4, -0.2) is 11.3 Å². The van der Waals surface area contributed by atoms with Crippen LogP contribution < -0.4 is 10.1 Å². The second-order valence-electron chi connectivity index (χ2n) is 4.20. The second kappa shape index (κ2) is 5.81. The van der Waals surface area contributed by atoms with Gasteiger partial charge in [-0.15, -0.1) is 13.2 Å². The van der Waals surface area contributed by atoms with Crippen molar-refractivity contribution in [3.8, 4) is 5.75 Å². The molecule has 0 radical (unpaired) electrons. The Morgan fingerprint density at radius 3 is 2.60 bits per heavy atom. The maximum atomic E-state index is 12.1. The highest BCUT2D eigenvalue weighted by Gasteiger charge is 2.31. The van der Waals surface area contributed by atoms with Crippen LogP contribution in [-0.2, 0) is 6.54 Å². The third kappa shape index (κ3) is 4.46. The number of aryl methyl sites for hydroxylation is 1. The first-order valence-corrected chi connectivity index (χ1v) is 5.94. The lowest BCUT2D eigenvalue weighted by atomic mass is 10.2. The van der Waals surface area contributed by atoms with Gasteiger partial charge in [0.25, 0.3) is 0 Å². The van der Waals surface area contributed by atoms with E-state index in [-0.39, 0.29) is 5.75 Å². The number of alkyl halides is 3. The molecule has 2 aromatic rings. The Bertz CT molecular complexity index is 585. The van der Waals surface area contributed by atoms with E-state index in [1.54, 1.807) is 6.07 Å². The van der Waals surface area contributed by atoms with Crippen LogP contribution in [0.2, 0.25) is 0 Å². The number of aromatic nitrogens is 1. The van der Waals surface area contributed by atoms with Crippen molar-refractivity contribution in [2.75, 3.05) is 5.32 Å². The van der Waals surface area contributed by atoms with E-state index in [9.17, 15) is 13.2 Å². The van der Waals surface area contributed by atoms with Crippen molar-refractivity contribution in [3.63, 3.8) is 0 Å². The minimum absolute atomic E-state index is 0.250. The van der Waals surface area contributed by atoms with E-state index in [0.29, 0.717) is 12.2 Å². The number of nitrogens with one attached hydrogen (secondary N) is 1. The predicted octanol–water partition coefficient (Wildman–Crippen LogP) is 3.90. The van der Waals surface area contributed by atoms with E-state index in [4.69, 9.17) is 0 Å². The average molecular weight is 282 g/mol. The zero-order valence-electron chi connectivity index (χ0n) is 10.7. The van der Waals surface area contributed by atoms with Gasteiger partial charge in [-0.2, -0.15) is 0 Å². The van der Waals surface area contributed by atoms with E-state index >= 15 is 0 Å². The van der Waals surface area contributed by atoms with Crippen molar-refractivity contribution in [2.45, 2.75) is 19.8 Å². The molecule has 0 fully saturated rings. The number of pyridine rings is 1. The van der Waals surface area contributed by atoms with E-state index in [0.717, 1.165) is 11.4 Å². The molecule has 0 aliphatic heterocycles. The number of nitrogens with zero attached hydrogens (tertiary/aromatic N) is 1. The monoisotopic (exact) mass is 282 g/mol. The van der Waals surface area contributed by atoms with Crippen LogP contribution >= 0.6 is 0 Å². The lowest BCUT2D eigenvalue weighted by Gasteiger charge is -2.11. The van der Waals surface area contributed by atoms with Gasteiger partial charge in [0.1, 0.15) is 5.75 Å². The Morgan fingerprint density at radius 2 is 1.90 bits per heavy atom. The lowest BCUT2D eigenvalue weighted by Crippen LogP contribution is -2.17. The molecule has 0 bridgehead atoms. The minimum atomic E-state index is -4.68. The number of hydrogen-bond acceptors (Lipinski definition) is 3. The molecule has 106 valence electrons. The second-order valence-corrected chi connectivity index (χ2v) is 4.20. The summed E-state index contributed by atoms with van der Waals surface area (Å²) in [5, 5.41) is 3.00. The first-order valence-electron chi connectivity index (χ1n) is 5.94. The van der Waals surface area contributed by atoms with Gasteiger partial charge < -0.3 is 10.1 Å². The molecular formula is C14H13F3N2O. The van der Waals surface area contributed by atoms with E-state index in [2.05, 4.69) is 15.0 Å². The van der Waals surface area contributed by atoms with Crippen LogP contribution in [0.25, 0.3) is 0 Å². The number of hydrogen-bond donors (Lipinski definition) is 1. The fourth-order valence-corrected chi connectivity index (χ4v) is 1.69. The Hall–Kier alpha value is -2.24. The molecule has 0 unspecified atom stereocenters. The van der Waals surface area contributed by atoms with Crippen LogP contribution in [0.1, 0.15) is 11.4 Å². The first kappa shape index (κ1) is 14.2. The number of anilines is 1. The van der Waals surface area contributed by atoms with Gasteiger partial charge in [0.2, 0.25) is 0 Å². The molecule has 0 saturated carbocycles. The zero-order valence-corrected chi connectivity index (χ0v) is 10.7. The summed E-state index contributed by atoms with van der Waals surface area (Å²) < 4.78 is 40.2. The predicted molar refractivity (Wildman–Crippen MR) is 69.4 cm³/mol. The van der Waals surface area contributed by atoms with E-state index in [1.807, 2.05) is 25.1 Å². The van der Waals surface area contributed by atoms with Crippen LogP contribution in [0.3, 0.4) is 0 Å². The molecule has 0 atom stereocenters. The van der Waals surface area contributed by atoms with Gasteiger partial charge in [-0.05, 0) is 31.2 Å². The Morgan fingerprint density at radius 1 is 1.15 bits per heavy atom. The van der Waals surface area contributed by atoms with Gasteiger partial charge in [-0.25, -0.2) is 0 Å². The third-order valence-electron chi connectivity index (χ3n) is 2.49. The maximum absolute atomic E-state index is 12.1. The highest BCUT2D eigenvalue weighted by molar-refractivity contribution is 5.48. The molecule has 0 saturated heterocycles. The highest BCUT2D eigenvalue weighted by Crippen LogP contribution is 2.25. The molecular weight excluding hydrogens is 269 g/mol. The molecule has 1 heterocycles. The Kier molecular flexibility index (Phi) is 4.12.